The van der Waals surface area contributed by atoms with Crippen molar-refractivity contribution in [2.45, 2.75) is 38.3 Å². The monoisotopic (exact) mass is 396 g/mol. The zero-order chi connectivity index (χ0) is 20.3. The van der Waals surface area contributed by atoms with Crippen molar-refractivity contribution in [3.8, 4) is 0 Å². The topological polar surface area (TPSA) is 77.8 Å². The molecule has 0 radical (unpaired) electrons. The second-order valence-electron chi connectivity index (χ2n) is 9.16. The lowest BCUT2D eigenvalue weighted by atomic mass is 9.80. The molecule has 154 valence electrons. The minimum absolute atomic E-state index is 0.00694. The van der Waals surface area contributed by atoms with Crippen LogP contribution in [-0.2, 0) is 29.6 Å². The van der Waals surface area contributed by atoms with Crippen LogP contribution in [-0.4, -0.2) is 57.6 Å². The minimum Gasteiger partial charge on any atom is -0.346 e. The van der Waals surface area contributed by atoms with Crippen LogP contribution in [0.1, 0.15) is 30.5 Å². The Labute approximate surface area is 170 Å². The lowest BCUT2D eigenvalue weighted by molar-refractivity contribution is -0.151. The van der Waals surface area contributed by atoms with Crippen LogP contribution in [0.4, 0.5) is 0 Å². The Morgan fingerprint density at radius 2 is 1.97 bits per heavy atom. The molecule has 1 spiro atoms. The molecule has 7 heteroatoms. The van der Waals surface area contributed by atoms with E-state index < -0.39 is 17.9 Å². The highest BCUT2D eigenvalue weighted by Gasteiger charge is 2.55. The van der Waals surface area contributed by atoms with Gasteiger partial charge >= 0.3 is 0 Å². The molecule has 2 unspecified atom stereocenters. The van der Waals surface area contributed by atoms with Gasteiger partial charge in [0.2, 0.25) is 11.8 Å². The highest BCUT2D eigenvalue weighted by Crippen LogP contribution is 2.54. The van der Waals surface area contributed by atoms with E-state index in [1.165, 1.54) is 22.2 Å². The summed E-state index contributed by atoms with van der Waals surface area (Å²) in [4.78, 5) is 29.9. The smallest absolute Gasteiger partial charge is 0.248 e. The largest absolute Gasteiger partial charge is 0.346 e. The Kier molecular flexibility index (Phi) is 4.22. The number of fused-ring (bicyclic) bond motifs is 3. The number of aromatic nitrogens is 1. The molecule has 3 heterocycles. The van der Waals surface area contributed by atoms with Gasteiger partial charge in [0, 0.05) is 36.7 Å². The van der Waals surface area contributed by atoms with Crippen molar-refractivity contribution < 1.29 is 14.8 Å². The van der Waals surface area contributed by atoms with E-state index in [0.29, 0.717) is 19.5 Å². The molecule has 1 aliphatic carbocycles. The zero-order valence-electron chi connectivity index (χ0n) is 17.0. The number of hydrogen-bond acceptors (Lipinski definition) is 4. The van der Waals surface area contributed by atoms with E-state index in [0.717, 1.165) is 25.8 Å². The second kappa shape index (κ2) is 6.57. The Bertz CT molecular complexity index is 993. The van der Waals surface area contributed by atoms with Gasteiger partial charge in [-0.05, 0) is 49.8 Å². The number of benzene rings is 1. The highest BCUT2D eigenvalue weighted by atomic mass is 16.5. The number of rotatable bonds is 2. The number of piperidine rings is 1. The van der Waals surface area contributed by atoms with Crippen molar-refractivity contribution in [1.82, 2.24) is 19.8 Å². The molecule has 2 amide bonds. The third kappa shape index (κ3) is 2.87. The van der Waals surface area contributed by atoms with Gasteiger partial charge in [-0.25, -0.2) is 5.48 Å². The number of para-hydroxylation sites is 1. The summed E-state index contributed by atoms with van der Waals surface area (Å²) in [6.45, 7) is 2.05. The first-order valence-electron chi connectivity index (χ1n) is 10.4. The van der Waals surface area contributed by atoms with Crippen LogP contribution in [0.25, 0.3) is 10.9 Å². The summed E-state index contributed by atoms with van der Waals surface area (Å²) in [6.07, 6.45) is 3.68. The number of aryl methyl sites for hydroxylation is 1. The number of likely N-dealkylation sites (N-methyl/N-ethyl adjacent to an activating group) is 1. The molecule has 2 atom stereocenters. The number of hydrogen-bond donors (Lipinski definition) is 2. The Morgan fingerprint density at radius 3 is 2.69 bits per heavy atom. The number of nitrogens with one attached hydrogen (secondary N) is 1. The molecule has 7 nitrogen and oxygen atoms in total. The molecule has 2 fully saturated rings. The fourth-order valence-corrected chi connectivity index (χ4v) is 5.68. The first-order chi connectivity index (χ1) is 13.9. The van der Waals surface area contributed by atoms with Crippen molar-refractivity contribution in [1.29, 1.82) is 0 Å². The first-order valence-corrected chi connectivity index (χ1v) is 10.4. The minimum atomic E-state index is -0.524. The quantitative estimate of drug-likeness (QED) is 0.598. The van der Waals surface area contributed by atoms with Gasteiger partial charge in [0.1, 0.15) is 6.04 Å². The van der Waals surface area contributed by atoms with Crippen LogP contribution in [0, 0.1) is 11.3 Å². The maximum Gasteiger partial charge on any atom is 0.248 e. The van der Waals surface area contributed by atoms with Crippen molar-refractivity contribution >= 4 is 22.7 Å². The third-order valence-electron chi connectivity index (χ3n) is 7.38. The van der Waals surface area contributed by atoms with Crippen molar-refractivity contribution in [2.75, 3.05) is 20.1 Å². The van der Waals surface area contributed by atoms with Crippen molar-refractivity contribution in [3.63, 3.8) is 0 Å². The predicted molar refractivity (Wildman–Crippen MR) is 108 cm³/mol. The average molecular weight is 396 g/mol. The summed E-state index contributed by atoms with van der Waals surface area (Å²) < 4.78 is 2.19. The number of amides is 2. The molecule has 3 aliphatic rings. The molecule has 2 N–H and O–H groups in total. The molecule has 29 heavy (non-hydrogen) atoms. The van der Waals surface area contributed by atoms with E-state index in [1.807, 2.05) is 28.4 Å². The number of nitrogens with zero attached hydrogens (tertiary/aromatic N) is 3. The average Bonchev–Trinajstić information content (AvgIpc) is 3.42. The summed E-state index contributed by atoms with van der Waals surface area (Å²) in [5.74, 6) is -0.960. The third-order valence-corrected chi connectivity index (χ3v) is 7.38. The highest BCUT2D eigenvalue weighted by molar-refractivity contribution is 5.91. The molecule has 1 saturated carbocycles. The van der Waals surface area contributed by atoms with Crippen LogP contribution in [0.2, 0.25) is 0 Å². The normalized spacial score (nSPS) is 25.8. The molecule has 2 aromatic rings. The van der Waals surface area contributed by atoms with Crippen LogP contribution in [0.3, 0.4) is 0 Å². The lowest BCUT2D eigenvalue weighted by Gasteiger charge is -2.43. The summed E-state index contributed by atoms with van der Waals surface area (Å²) in [6, 6.07) is 7.84. The fourth-order valence-electron chi connectivity index (χ4n) is 5.68. The first kappa shape index (κ1) is 18.6. The van der Waals surface area contributed by atoms with Gasteiger partial charge in [0.25, 0.3) is 0 Å². The number of hydroxylamine groups is 1. The van der Waals surface area contributed by atoms with Crippen LogP contribution < -0.4 is 5.48 Å². The summed E-state index contributed by atoms with van der Waals surface area (Å²) in [5.41, 5.74) is 5.64. The number of carbonyl (C=O) groups excluding carboxylic acids is 2. The molecule has 5 rings (SSSR count). The molecule has 1 saturated heterocycles. The molecular weight excluding hydrogens is 368 g/mol. The van der Waals surface area contributed by atoms with Crippen LogP contribution >= 0.6 is 0 Å². The Balaban J connectivity index is 1.44. The van der Waals surface area contributed by atoms with Gasteiger partial charge in [-0.3, -0.25) is 19.7 Å². The van der Waals surface area contributed by atoms with Gasteiger partial charge in [-0.15, -0.1) is 0 Å². The molecule has 0 bridgehead atoms. The predicted octanol–water partition coefficient (Wildman–Crippen LogP) is 1.67. The lowest BCUT2D eigenvalue weighted by Crippen LogP contribution is -2.59. The summed E-state index contributed by atoms with van der Waals surface area (Å²) >= 11 is 0. The molecule has 1 aromatic heterocycles. The standard InChI is InChI=1S/C22H28N4O3/c1-24-13-22(8-9-22)11-16(20(27)23-29)19(24)21(28)26-10-7-15-14-5-3-4-6-17(14)25(2)18(15)12-26/h3-6,16,19,29H,7-13H2,1-2H3,(H,23,27). The van der Waals surface area contributed by atoms with Crippen molar-refractivity contribution in [3.05, 3.63) is 35.5 Å². The Morgan fingerprint density at radius 1 is 1.21 bits per heavy atom. The number of likely N-dealkylation sites (tertiary alicyclic amines) is 1. The van der Waals surface area contributed by atoms with E-state index in [2.05, 4.69) is 29.8 Å². The van der Waals surface area contributed by atoms with Gasteiger partial charge in [0.05, 0.1) is 12.5 Å². The van der Waals surface area contributed by atoms with Gasteiger partial charge in [-0.1, -0.05) is 18.2 Å². The van der Waals surface area contributed by atoms with E-state index >= 15 is 0 Å². The SMILES string of the molecule is CN1CC2(CC2)CC(C(=O)NO)C1C(=O)N1CCc2c(n(C)c3ccccc23)C1. The van der Waals surface area contributed by atoms with Gasteiger partial charge in [0.15, 0.2) is 0 Å². The van der Waals surface area contributed by atoms with E-state index in [-0.39, 0.29) is 11.3 Å². The van der Waals surface area contributed by atoms with Crippen molar-refractivity contribution in [2.24, 2.45) is 18.4 Å². The summed E-state index contributed by atoms with van der Waals surface area (Å²) in [7, 11) is 3.99. The maximum atomic E-state index is 13.6. The van der Waals surface area contributed by atoms with Gasteiger partial charge < -0.3 is 9.47 Å². The molecular formula is C22H28N4O3. The van der Waals surface area contributed by atoms with Crippen LogP contribution in [0.15, 0.2) is 24.3 Å². The van der Waals surface area contributed by atoms with Crippen LogP contribution in [0.5, 0.6) is 0 Å². The van der Waals surface area contributed by atoms with Gasteiger partial charge in [-0.2, -0.15) is 0 Å². The molecule has 2 aliphatic heterocycles. The van der Waals surface area contributed by atoms with E-state index in [4.69, 9.17) is 0 Å². The van der Waals surface area contributed by atoms with E-state index in [9.17, 15) is 14.8 Å². The maximum absolute atomic E-state index is 13.6. The Hall–Kier alpha value is -2.38. The molecule has 1 aromatic carbocycles. The zero-order valence-corrected chi connectivity index (χ0v) is 17.0. The second-order valence-corrected chi connectivity index (χ2v) is 9.16. The fraction of sp³-hybridized carbons (Fsp3) is 0.545. The number of carbonyl (C=O) groups is 2. The summed E-state index contributed by atoms with van der Waals surface area (Å²) in [5, 5.41) is 10.5. The van der Waals surface area contributed by atoms with E-state index in [1.54, 1.807) is 0 Å².